The first-order valence-electron chi connectivity index (χ1n) is 8.70. The van der Waals surface area contributed by atoms with E-state index in [0.717, 1.165) is 12.1 Å². The molecule has 0 bridgehead atoms. The molecular weight excluding hydrogens is 434 g/mol. The highest BCUT2D eigenvalue weighted by atomic mass is 35.5. The summed E-state index contributed by atoms with van der Waals surface area (Å²) >= 11 is 12.0. The Morgan fingerprint density at radius 2 is 1.89 bits per heavy atom. The fourth-order valence-corrected chi connectivity index (χ4v) is 6.07. The lowest BCUT2D eigenvalue weighted by molar-refractivity contribution is -0.143. The molecule has 1 fully saturated rings. The van der Waals surface area contributed by atoms with Crippen molar-refractivity contribution in [2.24, 2.45) is 0 Å². The van der Waals surface area contributed by atoms with Crippen LogP contribution in [0, 0.1) is 5.82 Å². The number of ether oxygens (including phenoxy) is 3. The summed E-state index contributed by atoms with van der Waals surface area (Å²) in [7, 11) is -3.92. The van der Waals surface area contributed by atoms with Gasteiger partial charge in [-0.1, -0.05) is 23.2 Å². The predicted octanol–water partition coefficient (Wildman–Crippen LogP) is 3.44. The van der Waals surface area contributed by atoms with E-state index >= 15 is 0 Å². The molecule has 1 spiro atoms. The van der Waals surface area contributed by atoms with Crippen LogP contribution >= 0.6 is 23.2 Å². The van der Waals surface area contributed by atoms with Gasteiger partial charge in [-0.05, 0) is 31.6 Å². The lowest BCUT2D eigenvalue weighted by Gasteiger charge is -2.33. The maximum absolute atomic E-state index is 13.4. The van der Waals surface area contributed by atoms with Crippen molar-refractivity contribution in [2.75, 3.05) is 19.8 Å². The number of hydrogen-bond donors (Lipinski definition) is 0. The minimum atomic E-state index is -3.92. The summed E-state index contributed by atoms with van der Waals surface area (Å²) in [5.74, 6) is -3.07. The van der Waals surface area contributed by atoms with Crippen molar-refractivity contribution < 1.29 is 31.8 Å². The van der Waals surface area contributed by atoms with Crippen LogP contribution in [0.4, 0.5) is 4.39 Å². The van der Waals surface area contributed by atoms with Crippen LogP contribution in [-0.4, -0.2) is 45.2 Å². The highest BCUT2D eigenvalue weighted by molar-refractivity contribution is 7.91. The third-order valence-electron chi connectivity index (χ3n) is 4.65. The van der Waals surface area contributed by atoms with Gasteiger partial charge in [0.15, 0.2) is 15.6 Å². The van der Waals surface area contributed by atoms with Crippen molar-refractivity contribution in [3.63, 3.8) is 0 Å². The second-order valence-corrected chi connectivity index (χ2v) is 9.51. The molecule has 1 aliphatic carbocycles. The van der Waals surface area contributed by atoms with E-state index in [0.29, 0.717) is 13.2 Å². The fourth-order valence-electron chi connectivity index (χ4n) is 3.38. The first kappa shape index (κ1) is 21.5. The maximum Gasteiger partial charge on any atom is 0.335 e. The van der Waals surface area contributed by atoms with Gasteiger partial charge in [-0.2, -0.15) is 0 Å². The number of rotatable bonds is 5. The van der Waals surface area contributed by atoms with Gasteiger partial charge in [-0.3, -0.25) is 0 Å². The van der Waals surface area contributed by atoms with E-state index in [1.807, 2.05) is 0 Å². The normalized spacial score (nSPS) is 21.6. The second-order valence-electron chi connectivity index (χ2n) is 6.51. The largest absolute Gasteiger partial charge is 0.463 e. The van der Waals surface area contributed by atoms with E-state index in [1.54, 1.807) is 6.92 Å². The van der Waals surface area contributed by atoms with Crippen LogP contribution in [0.5, 0.6) is 0 Å². The molecule has 0 amide bonds. The monoisotopic (exact) mass is 452 g/mol. The van der Waals surface area contributed by atoms with E-state index < -0.39 is 38.4 Å². The third-order valence-corrected chi connectivity index (χ3v) is 7.37. The van der Waals surface area contributed by atoms with E-state index in [2.05, 4.69) is 0 Å². The molecule has 6 nitrogen and oxygen atoms in total. The third kappa shape index (κ3) is 4.36. The Hall–Kier alpha value is -1.19. The highest BCUT2D eigenvalue weighted by Gasteiger charge is 2.46. The standard InChI is InChI=1S/C18H19Cl2FO6S/c1-2-25-17(22)12-9-18(26-5-6-27-18)4-3-16(12)28(23,24)10-13-14(19)7-11(21)8-15(13)20/h7-9,16H,2-6,10H2,1H3. The highest BCUT2D eigenvalue weighted by Crippen LogP contribution is 2.39. The van der Waals surface area contributed by atoms with Gasteiger partial charge in [-0.25, -0.2) is 17.6 Å². The van der Waals surface area contributed by atoms with Crippen molar-refractivity contribution in [1.82, 2.24) is 0 Å². The van der Waals surface area contributed by atoms with E-state index in [-0.39, 0.29) is 40.6 Å². The molecular formula is C18H19Cl2FO6S. The zero-order valence-corrected chi connectivity index (χ0v) is 17.4. The molecule has 1 saturated heterocycles. The molecule has 10 heteroatoms. The molecule has 1 heterocycles. The van der Waals surface area contributed by atoms with Crippen molar-refractivity contribution in [3.05, 3.63) is 45.2 Å². The van der Waals surface area contributed by atoms with Crippen LogP contribution in [0.1, 0.15) is 25.3 Å². The van der Waals surface area contributed by atoms with Gasteiger partial charge >= 0.3 is 5.97 Å². The average molecular weight is 453 g/mol. The van der Waals surface area contributed by atoms with Gasteiger partial charge < -0.3 is 14.2 Å². The molecule has 3 rings (SSSR count). The Kier molecular flexibility index (Phi) is 6.36. The molecule has 154 valence electrons. The number of carbonyl (C=O) groups is 1. The van der Waals surface area contributed by atoms with Gasteiger partial charge in [0.1, 0.15) is 5.82 Å². The predicted molar refractivity (Wildman–Crippen MR) is 101 cm³/mol. The molecule has 1 aromatic carbocycles. The summed E-state index contributed by atoms with van der Waals surface area (Å²) in [6, 6.07) is 1.99. The number of benzene rings is 1. The van der Waals surface area contributed by atoms with Gasteiger partial charge in [0.2, 0.25) is 0 Å². The Morgan fingerprint density at radius 1 is 1.29 bits per heavy atom. The first-order valence-corrected chi connectivity index (χ1v) is 11.2. The second kappa shape index (κ2) is 8.28. The summed E-state index contributed by atoms with van der Waals surface area (Å²) in [6.45, 7) is 2.42. The van der Waals surface area contributed by atoms with Crippen molar-refractivity contribution in [1.29, 1.82) is 0 Å². The molecule has 0 saturated carbocycles. The number of esters is 1. The van der Waals surface area contributed by atoms with Gasteiger partial charge in [0.25, 0.3) is 0 Å². The Bertz CT molecular complexity index is 886. The Labute approximate surface area is 172 Å². The number of halogens is 3. The van der Waals surface area contributed by atoms with Crippen molar-refractivity contribution in [3.8, 4) is 0 Å². The minimum Gasteiger partial charge on any atom is -0.463 e. The van der Waals surface area contributed by atoms with Crippen molar-refractivity contribution >= 4 is 39.0 Å². The smallest absolute Gasteiger partial charge is 0.335 e. The topological polar surface area (TPSA) is 78.9 Å². The summed E-state index contributed by atoms with van der Waals surface area (Å²) in [4.78, 5) is 12.5. The molecule has 0 aromatic heterocycles. The molecule has 0 N–H and O–H groups in total. The van der Waals surface area contributed by atoms with Crippen molar-refractivity contribution in [2.45, 2.75) is 36.6 Å². The lowest BCUT2D eigenvalue weighted by atomic mass is 9.94. The minimum absolute atomic E-state index is 0.0376. The van der Waals surface area contributed by atoms with Crippen LogP contribution in [-0.2, 0) is 34.6 Å². The lowest BCUT2D eigenvalue weighted by Crippen LogP contribution is -2.41. The molecule has 1 unspecified atom stereocenters. The summed E-state index contributed by atoms with van der Waals surface area (Å²) in [5, 5.41) is -1.32. The van der Waals surface area contributed by atoms with Gasteiger partial charge in [0, 0.05) is 22.0 Å². The van der Waals surface area contributed by atoms with E-state index in [9.17, 15) is 17.6 Å². The number of carbonyl (C=O) groups excluding carboxylic acids is 1. The SMILES string of the molecule is CCOC(=O)C1=CC2(CCC1S(=O)(=O)Cc1c(Cl)cc(F)cc1Cl)OCCO2. The number of hydrogen-bond acceptors (Lipinski definition) is 6. The fraction of sp³-hybridized carbons (Fsp3) is 0.500. The zero-order chi connectivity index (χ0) is 20.5. The molecule has 1 atom stereocenters. The Morgan fingerprint density at radius 3 is 2.46 bits per heavy atom. The Balaban J connectivity index is 1.96. The van der Waals surface area contributed by atoms with Crippen LogP contribution in [0.15, 0.2) is 23.8 Å². The van der Waals surface area contributed by atoms with Gasteiger partial charge in [0.05, 0.1) is 36.4 Å². The molecule has 1 aromatic rings. The van der Waals surface area contributed by atoms with Gasteiger partial charge in [-0.15, -0.1) is 0 Å². The molecule has 28 heavy (non-hydrogen) atoms. The van der Waals surface area contributed by atoms with E-state index in [4.69, 9.17) is 37.4 Å². The quantitative estimate of drug-likeness (QED) is 0.636. The molecule has 2 aliphatic rings. The average Bonchev–Trinajstić information content (AvgIpc) is 3.06. The van der Waals surface area contributed by atoms with Crippen LogP contribution in [0.25, 0.3) is 0 Å². The maximum atomic E-state index is 13.4. The van der Waals surface area contributed by atoms with Crippen LogP contribution in [0.3, 0.4) is 0 Å². The van der Waals surface area contributed by atoms with Crippen LogP contribution in [0.2, 0.25) is 10.0 Å². The molecule has 1 aliphatic heterocycles. The zero-order valence-electron chi connectivity index (χ0n) is 15.0. The first-order chi connectivity index (χ1) is 13.2. The van der Waals surface area contributed by atoms with Crippen LogP contribution < -0.4 is 0 Å². The molecule has 0 radical (unpaired) electrons. The van der Waals surface area contributed by atoms with E-state index in [1.165, 1.54) is 6.08 Å². The summed E-state index contributed by atoms with van der Waals surface area (Å²) in [5.41, 5.74) is 0.0472. The summed E-state index contributed by atoms with van der Waals surface area (Å²) in [6.07, 6.45) is 1.77. The summed E-state index contributed by atoms with van der Waals surface area (Å²) < 4.78 is 55.9. The number of sulfone groups is 1.